The molecular weight excluding hydrogens is 388 g/mol. The van der Waals surface area contributed by atoms with Gasteiger partial charge in [0.25, 0.3) is 11.3 Å². The van der Waals surface area contributed by atoms with Gasteiger partial charge < -0.3 is 4.90 Å². The Hall–Kier alpha value is -3.46. The number of para-hydroxylation sites is 1. The highest BCUT2D eigenvalue weighted by molar-refractivity contribution is 7.99. The molecule has 0 aliphatic carbocycles. The van der Waals surface area contributed by atoms with Gasteiger partial charge in [0.15, 0.2) is 5.69 Å². The van der Waals surface area contributed by atoms with Gasteiger partial charge in [-0.2, -0.15) is 9.61 Å². The summed E-state index contributed by atoms with van der Waals surface area (Å²) in [6.45, 7) is 1.97. The fourth-order valence-electron chi connectivity index (χ4n) is 2.75. The molecule has 2 aromatic heterocycles. The molecule has 2 aromatic carbocycles. The first-order chi connectivity index (χ1) is 14.0. The topological polar surface area (TPSA) is 96.2 Å². The van der Waals surface area contributed by atoms with Crippen LogP contribution in [0.15, 0.2) is 64.5 Å². The Morgan fingerprint density at radius 2 is 1.83 bits per heavy atom. The lowest BCUT2D eigenvalue weighted by Gasteiger charge is -2.16. The maximum Gasteiger partial charge on any atom is 0.279 e. The summed E-state index contributed by atoms with van der Waals surface area (Å²) in [5, 5.41) is 12.9. The standard InChI is InChI=1S/C20H18N6O2S/c1-13-8-10-14(11-9-13)17-18(28)21-19-22-23-20(26(19)24-17)29-12-16(27)25(2)15-6-4-3-5-7-15/h3-11H,12H2,1-2H3,(H,21,22,28). The van der Waals surface area contributed by atoms with E-state index in [4.69, 9.17) is 0 Å². The van der Waals surface area contributed by atoms with Crippen LogP contribution < -0.4 is 10.5 Å². The van der Waals surface area contributed by atoms with Gasteiger partial charge >= 0.3 is 0 Å². The predicted octanol–water partition coefficient (Wildman–Crippen LogP) is 2.54. The van der Waals surface area contributed by atoms with Crippen LogP contribution in [0.5, 0.6) is 0 Å². The molecule has 8 nitrogen and oxygen atoms in total. The largest absolute Gasteiger partial charge is 0.315 e. The normalized spacial score (nSPS) is 11.0. The molecule has 1 amide bonds. The average molecular weight is 406 g/mol. The van der Waals surface area contributed by atoms with Gasteiger partial charge in [-0.25, -0.2) is 0 Å². The van der Waals surface area contributed by atoms with Crippen molar-refractivity contribution in [2.24, 2.45) is 0 Å². The summed E-state index contributed by atoms with van der Waals surface area (Å²) < 4.78 is 1.46. The van der Waals surface area contributed by atoms with E-state index < -0.39 is 0 Å². The predicted molar refractivity (Wildman–Crippen MR) is 112 cm³/mol. The molecular formula is C20H18N6O2S. The van der Waals surface area contributed by atoms with Gasteiger partial charge in [0.05, 0.1) is 5.75 Å². The van der Waals surface area contributed by atoms with Gasteiger partial charge in [0.1, 0.15) is 0 Å². The number of hydrogen-bond acceptors (Lipinski definition) is 6. The highest BCUT2D eigenvalue weighted by Crippen LogP contribution is 2.19. The van der Waals surface area contributed by atoms with Crippen molar-refractivity contribution in [2.75, 3.05) is 17.7 Å². The molecule has 0 radical (unpaired) electrons. The molecule has 146 valence electrons. The van der Waals surface area contributed by atoms with Crippen LogP contribution in [0.1, 0.15) is 5.56 Å². The van der Waals surface area contributed by atoms with E-state index in [1.54, 1.807) is 11.9 Å². The number of carbonyl (C=O) groups excluding carboxylic acids is 1. The smallest absolute Gasteiger partial charge is 0.279 e. The third kappa shape index (κ3) is 3.90. The summed E-state index contributed by atoms with van der Waals surface area (Å²) in [7, 11) is 1.73. The summed E-state index contributed by atoms with van der Waals surface area (Å²) >= 11 is 1.21. The maximum atomic E-state index is 12.5. The molecule has 0 bridgehead atoms. The van der Waals surface area contributed by atoms with Crippen LogP contribution in [-0.4, -0.2) is 43.5 Å². The van der Waals surface area contributed by atoms with Crippen molar-refractivity contribution < 1.29 is 4.79 Å². The molecule has 0 aliphatic rings. The van der Waals surface area contributed by atoms with E-state index in [2.05, 4.69) is 20.3 Å². The third-order valence-corrected chi connectivity index (χ3v) is 5.32. The number of H-pyrrole nitrogens is 1. The Bertz CT molecular complexity index is 1220. The van der Waals surface area contributed by atoms with E-state index in [0.29, 0.717) is 10.7 Å². The van der Waals surface area contributed by atoms with Crippen LogP contribution in [0, 0.1) is 6.92 Å². The SMILES string of the molecule is Cc1ccc(-c2nn3c(SCC(=O)N(C)c4ccccc4)nnc3[nH]c2=O)cc1. The molecule has 0 saturated carbocycles. The molecule has 9 heteroatoms. The lowest BCUT2D eigenvalue weighted by Crippen LogP contribution is -2.27. The molecule has 29 heavy (non-hydrogen) atoms. The number of aromatic nitrogens is 5. The van der Waals surface area contributed by atoms with Crippen LogP contribution in [-0.2, 0) is 4.79 Å². The first-order valence-electron chi connectivity index (χ1n) is 8.90. The molecule has 0 spiro atoms. The van der Waals surface area contributed by atoms with Crippen LogP contribution in [0.2, 0.25) is 0 Å². The molecule has 0 fully saturated rings. The molecule has 0 atom stereocenters. The number of nitrogens with zero attached hydrogens (tertiary/aromatic N) is 5. The molecule has 0 unspecified atom stereocenters. The van der Waals surface area contributed by atoms with Crippen LogP contribution in [0.4, 0.5) is 5.69 Å². The third-order valence-electron chi connectivity index (χ3n) is 4.42. The van der Waals surface area contributed by atoms with Crippen molar-refractivity contribution in [1.29, 1.82) is 0 Å². The zero-order valence-corrected chi connectivity index (χ0v) is 16.7. The lowest BCUT2D eigenvalue weighted by molar-refractivity contribution is -0.115. The number of aryl methyl sites for hydroxylation is 1. The number of fused-ring (bicyclic) bond motifs is 1. The highest BCUT2D eigenvalue weighted by Gasteiger charge is 2.16. The van der Waals surface area contributed by atoms with Crippen molar-refractivity contribution in [3.05, 3.63) is 70.5 Å². The number of thioether (sulfide) groups is 1. The molecule has 0 saturated heterocycles. The number of anilines is 1. The van der Waals surface area contributed by atoms with Gasteiger partial charge in [-0.05, 0) is 19.1 Å². The van der Waals surface area contributed by atoms with Crippen LogP contribution >= 0.6 is 11.8 Å². The van der Waals surface area contributed by atoms with E-state index in [1.807, 2.05) is 61.5 Å². The number of carbonyl (C=O) groups is 1. The Morgan fingerprint density at radius 3 is 2.55 bits per heavy atom. The van der Waals surface area contributed by atoms with E-state index >= 15 is 0 Å². The van der Waals surface area contributed by atoms with Crippen LogP contribution in [0.3, 0.4) is 0 Å². The van der Waals surface area contributed by atoms with Gasteiger partial charge in [-0.3, -0.25) is 14.6 Å². The lowest BCUT2D eigenvalue weighted by atomic mass is 10.1. The monoisotopic (exact) mass is 406 g/mol. The van der Waals surface area contributed by atoms with E-state index in [-0.39, 0.29) is 28.7 Å². The summed E-state index contributed by atoms with van der Waals surface area (Å²) in [6.07, 6.45) is 0. The van der Waals surface area contributed by atoms with Crippen molar-refractivity contribution in [1.82, 2.24) is 24.8 Å². The fourth-order valence-corrected chi connectivity index (χ4v) is 3.54. The van der Waals surface area contributed by atoms with Crippen LogP contribution in [0.25, 0.3) is 17.0 Å². The Labute approximate surface area is 170 Å². The minimum absolute atomic E-state index is 0.0823. The second kappa shape index (κ2) is 7.88. The van der Waals surface area contributed by atoms with E-state index in [0.717, 1.165) is 11.3 Å². The van der Waals surface area contributed by atoms with Crippen molar-refractivity contribution >= 4 is 29.1 Å². The summed E-state index contributed by atoms with van der Waals surface area (Å²) in [4.78, 5) is 29.2. The fraction of sp³-hybridized carbons (Fsp3) is 0.150. The minimum atomic E-state index is -0.342. The van der Waals surface area contributed by atoms with E-state index in [1.165, 1.54) is 16.3 Å². The second-order valence-electron chi connectivity index (χ2n) is 6.46. The molecule has 0 aliphatic heterocycles. The number of hydrogen-bond donors (Lipinski definition) is 1. The average Bonchev–Trinajstić information content (AvgIpc) is 3.13. The van der Waals surface area contributed by atoms with Gasteiger partial charge in [-0.1, -0.05) is 59.8 Å². The van der Waals surface area contributed by atoms with Gasteiger partial charge in [-0.15, -0.1) is 10.2 Å². The highest BCUT2D eigenvalue weighted by atomic mass is 32.2. The first kappa shape index (κ1) is 18.9. The van der Waals surface area contributed by atoms with Gasteiger partial charge in [0.2, 0.25) is 11.1 Å². The minimum Gasteiger partial charge on any atom is -0.315 e. The maximum absolute atomic E-state index is 12.5. The Balaban J connectivity index is 1.58. The number of rotatable bonds is 5. The zero-order valence-electron chi connectivity index (χ0n) is 15.9. The second-order valence-corrected chi connectivity index (χ2v) is 7.41. The van der Waals surface area contributed by atoms with Gasteiger partial charge in [0, 0.05) is 18.3 Å². The molecule has 1 N–H and O–H groups in total. The zero-order chi connectivity index (χ0) is 20.4. The van der Waals surface area contributed by atoms with Crippen molar-refractivity contribution in [2.45, 2.75) is 12.1 Å². The van der Waals surface area contributed by atoms with E-state index in [9.17, 15) is 9.59 Å². The van der Waals surface area contributed by atoms with Crippen molar-refractivity contribution in [3.63, 3.8) is 0 Å². The quantitative estimate of drug-likeness (QED) is 0.512. The Morgan fingerprint density at radius 1 is 1.10 bits per heavy atom. The number of aromatic amines is 1. The molecule has 4 aromatic rings. The number of amides is 1. The number of nitrogens with one attached hydrogen (secondary N) is 1. The molecule has 4 rings (SSSR count). The Kier molecular flexibility index (Phi) is 5.13. The summed E-state index contributed by atoms with van der Waals surface area (Å²) in [5.41, 5.74) is 2.53. The first-order valence-corrected chi connectivity index (χ1v) is 9.88. The molecule has 2 heterocycles. The van der Waals surface area contributed by atoms with Crippen molar-refractivity contribution in [3.8, 4) is 11.3 Å². The summed E-state index contributed by atoms with van der Waals surface area (Å²) in [5.74, 6) is 0.311. The summed E-state index contributed by atoms with van der Waals surface area (Å²) in [6, 6.07) is 16.9. The number of benzene rings is 2.